The molecule has 0 aliphatic heterocycles. The Balaban J connectivity index is 2.19. The summed E-state index contributed by atoms with van der Waals surface area (Å²) in [6, 6.07) is 1.21. The molecule has 112 valence electrons. The van der Waals surface area contributed by atoms with Crippen LogP contribution in [0.4, 0.5) is 0 Å². The van der Waals surface area contributed by atoms with Gasteiger partial charge in [-0.1, -0.05) is 0 Å². The number of thiophene rings is 1. The molecule has 2 N–H and O–H groups in total. The molecule has 0 atom stereocenters. The third-order valence-electron chi connectivity index (χ3n) is 3.50. The lowest BCUT2D eigenvalue weighted by atomic mass is 9.82. The summed E-state index contributed by atoms with van der Waals surface area (Å²) in [7, 11) is -2.19. The maximum absolute atomic E-state index is 12.4. The SMILES string of the molecule is Cc1sc(C(=O)O)cc1S(=O)(=O)N(C)CC1CC(O)C1. The lowest BCUT2D eigenvalue weighted by molar-refractivity contribution is 0.0367. The number of aromatic carboxylic acids is 1. The quantitative estimate of drug-likeness (QED) is 0.849. The Kier molecular flexibility index (Phi) is 4.19. The maximum atomic E-state index is 12.4. The predicted octanol–water partition coefficient (Wildman–Crippen LogP) is 1.15. The molecule has 1 aromatic heterocycles. The van der Waals surface area contributed by atoms with E-state index in [9.17, 15) is 18.3 Å². The Labute approximate surface area is 121 Å². The summed E-state index contributed by atoms with van der Waals surface area (Å²) in [5.41, 5.74) is 0. The highest BCUT2D eigenvalue weighted by Gasteiger charge is 2.33. The van der Waals surface area contributed by atoms with Gasteiger partial charge < -0.3 is 10.2 Å². The number of sulfonamides is 1. The Morgan fingerprint density at radius 3 is 2.55 bits per heavy atom. The van der Waals surface area contributed by atoms with Gasteiger partial charge >= 0.3 is 5.97 Å². The van der Waals surface area contributed by atoms with Crippen LogP contribution in [0.25, 0.3) is 0 Å². The molecule has 0 unspecified atom stereocenters. The fraction of sp³-hybridized carbons (Fsp3) is 0.583. The Morgan fingerprint density at radius 2 is 2.10 bits per heavy atom. The van der Waals surface area contributed by atoms with Crippen molar-refractivity contribution >= 4 is 27.3 Å². The van der Waals surface area contributed by atoms with Crippen LogP contribution in [0.1, 0.15) is 27.4 Å². The number of rotatable bonds is 5. The number of aliphatic hydroxyl groups is 1. The number of carboxylic acids is 1. The summed E-state index contributed by atoms with van der Waals surface area (Å²) < 4.78 is 26.1. The normalized spacial score (nSPS) is 22.8. The Morgan fingerprint density at radius 1 is 1.50 bits per heavy atom. The van der Waals surface area contributed by atoms with E-state index in [1.165, 1.54) is 17.4 Å². The maximum Gasteiger partial charge on any atom is 0.345 e. The highest BCUT2D eigenvalue weighted by atomic mass is 32.2. The molecule has 1 aliphatic carbocycles. The third kappa shape index (κ3) is 2.88. The van der Waals surface area contributed by atoms with Gasteiger partial charge in [0.05, 0.1) is 11.0 Å². The van der Waals surface area contributed by atoms with E-state index in [4.69, 9.17) is 5.11 Å². The van der Waals surface area contributed by atoms with Gasteiger partial charge in [-0.15, -0.1) is 11.3 Å². The van der Waals surface area contributed by atoms with Crippen molar-refractivity contribution in [2.75, 3.05) is 13.6 Å². The van der Waals surface area contributed by atoms with Crippen molar-refractivity contribution in [3.05, 3.63) is 15.8 Å². The molecule has 1 heterocycles. The van der Waals surface area contributed by atoms with E-state index in [2.05, 4.69) is 0 Å². The number of nitrogens with zero attached hydrogens (tertiary/aromatic N) is 1. The van der Waals surface area contributed by atoms with Gasteiger partial charge in [0.25, 0.3) is 0 Å². The molecule has 0 aromatic carbocycles. The van der Waals surface area contributed by atoms with Crippen molar-refractivity contribution in [1.82, 2.24) is 4.31 Å². The first-order chi connectivity index (χ1) is 9.21. The topological polar surface area (TPSA) is 94.9 Å². The average Bonchev–Trinajstić information content (AvgIpc) is 2.70. The van der Waals surface area contributed by atoms with Gasteiger partial charge in [0, 0.05) is 18.5 Å². The molecule has 0 radical (unpaired) electrons. The highest BCUT2D eigenvalue weighted by molar-refractivity contribution is 7.89. The monoisotopic (exact) mass is 319 g/mol. The van der Waals surface area contributed by atoms with Crippen molar-refractivity contribution in [3.8, 4) is 0 Å². The van der Waals surface area contributed by atoms with Crippen molar-refractivity contribution in [3.63, 3.8) is 0 Å². The molecular formula is C12H17NO5S2. The molecule has 8 heteroatoms. The largest absolute Gasteiger partial charge is 0.477 e. The standard InChI is InChI=1S/C12H17NO5S2/c1-7-11(5-10(19-7)12(15)16)20(17,18)13(2)6-8-3-9(14)4-8/h5,8-9,14H,3-4,6H2,1-2H3,(H,15,16). The van der Waals surface area contributed by atoms with E-state index in [1.807, 2.05) is 0 Å². The molecule has 2 rings (SSSR count). The molecule has 0 saturated heterocycles. The molecule has 1 fully saturated rings. The van der Waals surface area contributed by atoms with Crippen molar-refractivity contribution < 1.29 is 23.4 Å². The average molecular weight is 319 g/mol. The molecule has 0 bridgehead atoms. The van der Waals surface area contributed by atoms with Crippen LogP contribution in [0.3, 0.4) is 0 Å². The van der Waals surface area contributed by atoms with E-state index in [1.54, 1.807) is 6.92 Å². The van der Waals surface area contributed by atoms with Crippen LogP contribution >= 0.6 is 11.3 Å². The van der Waals surface area contributed by atoms with Gasteiger partial charge in [0.2, 0.25) is 10.0 Å². The van der Waals surface area contributed by atoms with Crippen molar-refractivity contribution in [2.24, 2.45) is 5.92 Å². The van der Waals surface area contributed by atoms with Crippen LogP contribution in [0, 0.1) is 12.8 Å². The molecule has 0 amide bonds. The van der Waals surface area contributed by atoms with Crippen molar-refractivity contribution in [1.29, 1.82) is 0 Å². The van der Waals surface area contributed by atoms with Gasteiger partial charge in [-0.05, 0) is 31.7 Å². The summed E-state index contributed by atoms with van der Waals surface area (Å²) in [6.45, 7) is 1.95. The van der Waals surface area contributed by atoms with Crippen LogP contribution < -0.4 is 0 Å². The highest BCUT2D eigenvalue weighted by Crippen LogP contribution is 2.31. The number of aliphatic hydroxyl groups excluding tert-OH is 1. The zero-order valence-electron chi connectivity index (χ0n) is 11.2. The minimum absolute atomic E-state index is 0.0218. The second kappa shape index (κ2) is 5.44. The predicted molar refractivity (Wildman–Crippen MR) is 74.6 cm³/mol. The molecule has 20 heavy (non-hydrogen) atoms. The van der Waals surface area contributed by atoms with Crippen LogP contribution in [0.5, 0.6) is 0 Å². The lowest BCUT2D eigenvalue weighted by Gasteiger charge is -2.34. The van der Waals surface area contributed by atoms with Gasteiger partial charge in [-0.2, -0.15) is 0 Å². The summed E-state index contributed by atoms with van der Waals surface area (Å²) in [4.78, 5) is 11.5. The Hall–Kier alpha value is -0.960. The summed E-state index contributed by atoms with van der Waals surface area (Å²) in [5, 5.41) is 18.2. The zero-order valence-corrected chi connectivity index (χ0v) is 12.9. The summed E-state index contributed by atoms with van der Waals surface area (Å²) >= 11 is 0.960. The number of carbonyl (C=O) groups is 1. The number of hydrogen-bond donors (Lipinski definition) is 2. The van der Waals surface area contributed by atoms with Gasteiger partial charge in [0.1, 0.15) is 4.88 Å². The van der Waals surface area contributed by atoms with E-state index >= 15 is 0 Å². The number of carboxylic acid groups (broad SMARTS) is 1. The molecule has 6 nitrogen and oxygen atoms in total. The zero-order chi connectivity index (χ0) is 15.1. The number of hydrogen-bond acceptors (Lipinski definition) is 5. The molecule has 1 saturated carbocycles. The van der Waals surface area contributed by atoms with Gasteiger partial charge in [-0.3, -0.25) is 0 Å². The fourth-order valence-electron chi connectivity index (χ4n) is 2.31. The molecule has 1 aromatic rings. The van der Waals surface area contributed by atoms with E-state index in [0.717, 1.165) is 11.3 Å². The minimum atomic E-state index is -3.67. The third-order valence-corrected chi connectivity index (χ3v) is 6.61. The fourth-order valence-corrected chi connectivity index (χ4v) is 4.95. The molecule has 1 aliphatic rings. The van der Waals surface area contributed by atoms with Crippen LogP contribution in [0.2, 0.25) is 0 Å². The second-order valence-electron chi connectivity index (χ2n) is 5.11. The Bertz CT molecular complexity index is 616. The van der Waals surface area contributed by atoms with Gasteiger partial charge in [0.15, 0.2) is 0 Å². The lowest BCUT2D eigenvalue weighted by Crippen LogP contribution is -2.39. The second-order valence-corrected chi connectivity index (χ2v) is 8.38. The number of aryl methyl sites for hydroxylation is 1. The van der Waals surface area contributed by atoms with Crippen LogP contribution in [-0.4, -0.2) is 48.6 Å². The first-order valence-electron chi connectivity index (χ1n) is 6.20. The first-order valence-corrected chi connectivity index (χ1v) is 8.45. The smallest absolute Gasteiger partial charge is 0.345 e. The molecule has 0 spiro atoms. The van der Waals surface area contributed by atoms with Crippen LogP contribution in [-0.2, 0) is 10.0 Å². The van der Waals surface area contributed by atoms with E-state index in [-0.39, 0.29) is 21.8 Å². The van der Waals surface area contributed by atoms with Gasteiger partial charge in [-0.25, -0.2) is 17.5 Å². The van der Waals surface area contributed by atoms with Crippen molar-refractivity contribution in [2.45, 2.75) is 30.8 Å². The summed E-state index contributed by atoms with van der Waals surface area (Å²) in [5.74, 6) is -0.952. The van der Waals surface area contributed by atoms with E-state index < -0.39 is 16.0 Å². The minimum Gasteiger partial charge on any atom is -0.477 e. The van der Waals surface area contributed by atoms with E-state index in [0.29, 0.717) is 24.3 Å². The summed E-state index contributed by atoms with van der Waals surface area (Å²) in [6.07, 6.45) is 0.906. The first kappa shape index (κ1) is 15.4. The van der Waals surface area contributed by atoms with Crippen LogP contribution in [0.15, 0.2) is 11.0 Å². The molecular weight excluding hydrogens is 302 g/mol.